The monoisotopic (exact) mass is 432 g/mol. The van der Waals surface area contributed by atoms with Crippen LogP contribution in [0.15, 0.2) is 40.1 Å². The number of aromatic amines is 1. The van der Waals surface area contributed by atoms with Crippen molar-refractivity contribution in [1.29, 1.82) is 0 Å². The van der Waals surface area contributed by atoms with Crippen LogP contribution in [0.4, 0.5) is 5.82 Å². The minimum atomic E-state index is -0.405. The summed E-state index contributed by atoms with van der Waals surface area (Å²) in [6, 6.07) is 5.99. The van der Waals surface area contributed by atoms with Crippen molar-refractivity contribution in [2.45, 2.75) is 32.7 Å². The third-order valence-corrected chi connectivity index (χ3v) is 6.26. The number of amides is 1. The Balaban J connectivity index is 1.71. The summed E-state index contributed by atoms with van der Waals surface area (Å²) in [5.41, 5.74) is 9.52. The summed E-state index contributed by atoms with van der Waals surface area (Å²) < 4.78 is 8.11. The number of aryl methyl sites for hydroxylation is 2. The fourth-order valence-corrected chi connectivity index (χ4v) is 4.56. The highest BCUT2D eigenvalue weighted by Gasteiger charge is 2.30. The van der Waals surface area contributed by atoms with Gasteiger partial charge in [0, 0.05) is 24.0 Å². The minimum absolute atomic E-state index is 0.0283. The van der Waals surface area contributed by atoms with E-state index in [1.54, 1.807) is 4.90 Å². The van der Waals surface area contributed by atoms with Crippen LogP contribution in [0.5, 0.6) is 0 Å². The Morgan fingerprint density at radius 1 is 1.31 bits per heavy atom. The molecule has 32 heavy (non-hydrogen) atoms. The Morgan fingerprint density at radius 2 is 2.06 bits per heavy atom. The van der Waals surface area contributed by atoms with Crippen LogP contribution in [0.25, 0.3) is 33.3 Å². The summed E-state index contributed by atoms with van der Waals surface area (Å²) in [5.74, 6) is 0.732. The topological polar surface area (TPSA) is 123 Å². The highest BCUT2D eigenvalue weighted by molar-refractivity contribution is 6.01. The van der Waals surface area contributed by atoms with Gasteiger partial charge in [0.25, 0.3) is 5.56 Å². The largest absolute Gasteiger partial charge is 0.454 e. The number of nitrogen functional groups attached to an aromatic ring is 1. The van der Waals surface area contributed by atoms with Gasteiger partial charge in [0.05, 0.1) is 11.4 Å². The Hall–Kier alpha value is -3.88. The number of likely N-dealkylation sites (tertiary alicyclic amines) is 1. The van der Waals surface area contributed by atoms with Crippen molar-refractivity contribution in [2.75, 3.05) is 18.8 Å². The summed E-state index contributed by atoms with van der Waals surface area (Å²) >= 11 is 0. The number of rotatable bonds is 3. The van der Waals surface area contributed by atoms with Crippen LogP contribution in [-0.2, 0) is 4.79 Å². The molecule has 3 N–H and O–H groups in total. The highest BCUT2D eigenvalue weighted by atomic mass is 16.3. The standard InChI is InChI=1S/C23H24N6O3/c1-4-17(30)28-9-7-14(8-10-28)29-20(18-19(27-29)23(31)26-25-22(18)24)21-13(3)15-11-12(2)5-6-16(15)32-21/h4-6,11,14H,1,7-10H2,2-3H3,(H2,24,25)(H,26,31). The number of carbonyl (C=O) groups excluding carboxylic acids is 1. The van der Waals surface area contributed by atoms with Gasteiger partial charge < -0.3 is 15.1 Å². The molecule has 164 valence electrons. The molecule has 1 saturated heterocycles. The number of anilines is 1. The van der Waals surface area contributed by atoms with Gasteiger partial charge in [-0.15, -0.1) is 0 Å². The van der Waals surface area contributed by atoms with Crippen molar-refractivity contribution < 1.29 is 9.21 Å². The zero-order valence-electron chi connectivity index (χ0n) is 18.0. The molecule has 1 aliphatic heterocycles. The van der Waals surface area contributed by atoms with Crippen molar-refractivity contribution in [3.05, 3.63) is 52.3 Å². The van der Waals surface area contributed by atoms with E-state index in [1.165, 1.54) is 6.08 Å². The molecule has 9 nitrogen and oxygen atoms in total. The molecular formula is C23H24N6O3. The maximum absolute atomic E-state index is 12.5. The Kier molecular flexibility index (Phi) is 4.61. The van der Waals surface area contributed by atoms with Crippen molar-refractivity contribution in [1.82, 2.24) is 24.9 Å². The third kappa shape index (κ3) is 3.00. The number of furan rings is 1. The molecule has 0 radical (unpaired) electrons. The first-order valence-electron chi connectivity index (χ1n) is 10.6. The second kappa shape index (κ2) is 7.37. The fraction of sp³-hybridized carbons (Fsp3) is 0.304. The first-order chi connectivity index (χ1) is 15.4. The molecule has 1 fully saturated rings. The molecule has 1 amide bonds. The Morgan fingerprint density at radius 3 is 2.78 bits per heavy atom. The number of hydrogen-bond acceptors (Lipinski definition) is 6. The second-order valence-corrected chi connectivity index (χ2v) is 8.27. The lowest BCUT2D eigenvalue weighted by Gasteiger charge is -2.32. The molecule has 5 rings (SSSR count). The lowest BCUT2D eigenvalue weighted by molar-refractivity contribution is -0.127. The number of fused-ring (bicyclic) bond motifs is 2. The zero-order chi connectivity index (χ0) is 22.6. The zero-order valence-corrected chi connectivity index (χ0v) is 18.0. The maximum Gasteiger partial charge on any atom is 0.292 e. The number of piperidine rings is 1. The van der Waals surface area contributed by atoms with Crippen molar-refractivity contribution in [3.63, 3.8) is 0 Å². The molecule has 4 heterocycles. The fourth-order valence-electron chi connectivity index (χ4n) is 4.56. The highest BCUT2D eigenvalue weighted by Crippen LogP contribution is 2.40. The summed E-state index contributed by atoms with van der Waals surface area (Å²) in [4.78, 5) is 26.3. The summed E-state index contributed by atoms with van der Waals surface area (Å²) in [6.07, 6.45) is 2.70. The number of benzene rings is 1. The minimum Gasteiger partial charge on any atom is -0.454 e. The van der Waals surface area contributed by atoms with Crippen LogP contribution in [0.1, 0.15) is 30.0 Å². The van der Waals surface area contributed by atoms with Crippen molar-refractivity contribution in [3.8, 4) is 11.5 Å². The second-order valence-electron chi connectivity index (χ2n) is 8.27. The van der Waals surface area contributed by atoms with E-state index in [0.29, 0.717) is 42.8 Å². The number of aromatic nitrogens is 4. The van der Waals surface area contributed by atoms with Gasteiger partial charge in [0.2, 0.25) is 5.91 Å². The van der Waals surface area contributed by atoms with Gasteiger partial charge in [-0.25, -0.2) is 5.10 Å². The molecule has 9 heteroatoms. The number of nitrogens with two attached hydrogens (primary N) is 1. The lowest BCUT2D eigenvalue weighted by atomic mass is 10.0. The van der Waals surface area contributed by atoms with Gasteiger partial charge in [0.1, 0.15) is 11.3 Å². The molecule has 0 unspecified atom stereocenters. The normalized spacial score (nSPS) is 15.0. The van der Waals surface area contributed by atoms with Gasteiger partial charge in [-0.05, 0) is 44.9 Å². The number of hydrogen-bond donors (Lipinski definition) is 2. The van der Waals surface area contributed by atoms with E-state index >= 15 is 0 Å². The van der Waals surface area contributed by atoms with Crippen LogP contribution >= 0.6 is 0 Å². The van der Waals surface area contributed by atoms with E-state index in [9.17, 15) is 9.59 Å². The van der Waals surface area contributed by atoms with Crippen LogP contribution in [0.3, 0.4) is 0 Å². The number of nitrogens with zero attached hydrogens (tertiary/aromatic N) is 4. The number of carbonyl (C=O) groups is 1. The molecule has 0 spiro atoms. The van der Waals surface area contributed by atoms with Crippen LogP contribution in [0.2, 0.25) is 0 Å². The van der Waals surface area contributed by atoms with E-state index in [-0.39, 0.29) is 23.3 Å². The van der Waals surface area contributed by atoms with Crippen LogP contribution in [0, 0.1) is 13.8 Å². The molecule has 4 aromatic rings. The maximum atomic E-state index is 12.5. The van der Waals surface area contributed by atoms with E-state index < -0.39 is 5.56 Å². The smallest absolute Gasteiger partial charge is 0.292 e. The average molecular weight is 432 g/mol. The Labute approximate surface area is 183 Å². The molecule has 3 aromatic heterocycles. The molecule has 0 atom stereocenters. The lowest BCUT2D eigenvalue weighted by Crippen LogP contribution is -2.38. The molecule has 0 saturated carbocycles. The van der Waals surface area contributed by atoms with Gasteiger partial charge in [-0.1, -0.05) is 18.2 Å². The van der Waals surface area contributed by atoms with E-state index in [0.717, 1.165) is 22.1 Å². The van der Waals surface area contributed by atoms with Gasteiger partial charge in [-0.2, -0.15) is 10.2 Å². The van der Waals surface area contributed by atoms with Gasteiger partial charge in [0.15, 0.2) is 17.1 Å². The first-order valence-corrected chi connectivity index (χ1v) is 10.6. The quantitative estimate of drug-likeness (QED) is 0.480. The van der Waals surface area contributed by atoms with Crippen LogP contribution < -0.4 is 11.3 Å². The van der Waals surface area contributed by atoms with Crippen molar-refractivity contribution >= 4 is 33.6 Å². The van der Waals surface area contributed by atoms with E-state index in [4.69, 9.17) is 10.2 Å². The predicted octanol–water partition coefficient (Wildman–Crippen LogP) is 3.08. The number of nitrogens with one attached hydrogen (secondary N) is 1. The predicted molar refractivity (Wildman–Crippen MR) is 122 cm³/mol. The van der Waals surface area contributed by atoms with Gasteiger partial charge in [-0.3, -0.25) is 14.3 Å². The molecule has 1 aliphatic rings. The molecular weight excluding hydrogens is 408 g/mol. The molecule has 1 aromatic carbocycles. The summed E-state index contributed by atoms with van der Waals surface area (Å²) in [7, 11) is 0. The molecule has 0 aliphatic carbocycles. The SMILES string of the molecule is C=CC(=O)N1CCC(n2nc3c(=O)[nH]nc(N)c3c2-c2oc3ccc(C)cc3c2C)CC1. The summed E-state index contributed by atoms with van der Waals surface area (Å²) in [6.45, 7) is 8.75. The van der Waals surface area contributed by atoms with Crippen LogP contribution in [-0.4, -0.2) is 43.9 Å². The van der Waals surface area contributed by atoms with Gasteiger partial charge >= 0.3 is 0 Å². The first kappa shape index (κ1) is 20.0. The average Bonchev–Trinajstić information content (AvgIpc) is 3.35. The third-order valence-electron chi connectivity index (χ3n) is 6.26. The summed E-state index contributed by atoms with van der Waals surface area (Å²) in [5, 5.41) is 12.5. The number of H-pyrrole nitrogens is 1. The molecule has 0 bridgehead atoms. The Bertz CT molecular complexity index is 1440. The van der Waals surface area contributed by atoms with Crippen molar-refractivity contribution in [2.24, 2.45) is 0 Å². The van der Waals surface area contributed by atoms with E-state index in [1.807, 2.05) is 30.7 Å². The van der Waals surface area contributed by atoms with E-state index in [2.05, 4.69) is 27.9 Å².